The van der Waals surface area contributed by atoms with Crippen LogP contribution in [0.4, 0.5) is 17.6 Å². The number of carbonyl (C=O) groups excluding carboxylic acids is 1. The van der Waals surface area contributed by atoms with Crippen LogP contribution in [0, 0.1) is 11.7 Å². The van der Waals surface area contributed by atoms with Gasteiger partial charge in [0.1, 0.15) is 5.82 Å². The maximum atomic E-state index is 13.5. The molecule has 1 atom stereocenters. The fourth-order valence-electron chi connectivity index (χ4n) is 2.10. The summed E-state index contributed by atoms with van der Waals surface area (Å²) in [6.07, 6.45) is -3.72. The Morgan fingerprint density at radius 1 is 1.38 bits per heavy atom. The Labute approximate surface area is 125 Å². The third-order valence-corrected chi connectivity index (χ3v) is 3.25. The van der Waals surface area contributed by atoms with E-state index in [1.165, 1.54) is 0 Å². The van der Waals surface area contributed by atoms with E-state index >= 15 is 0 Å². The molecule has 8 heteroatoms. The molecule has 0 spiro atoms. The Balaban J connectivity index is 0.00000220. The number of nitrogens with one attached hydrogen (secondary N) is 2. The Morgan fingerprint density at radius 3 is 2.67 bits per heavy atom. The second-order valence-electron chi connectivity index (χ2n) is 4.76. The van der Waals surface area contributed by atoms with E-state index in [0.29, 0.717) is 24.7 Å². The fourth-order valence-corrected chi connectivity index (χ4v) is 2.10. The Bertz CT molecular complexity index is 501. The summed E-state index contributed by atoms with van der Waals surface area (Å²) < 4.78 is 51.1. The lowest BCUT2D eigenvalue weighted by molar-refractivity contribution is -0.137. The van der Waals surface area contributed by atoms with E-state index in [1.54, 1.807) is 0 Å². The first-order chi connectivity index (χ1) is 9.38. The normalized spacial score (nSPS) is 18.2. The van der Waals surface area contributed by atoms with Crippen molar-refractivity contribution in [2.24, 2.45) is 5.92 Å². The second-order valence-corrected chi connectivity index (χ2v) is 4.76. The van der Waals surface area contributed by atoms with E-state index in [4.69, 9.17) is 0 Å². The highest BCUT2D eigenvalue weighted by atomic mass is 35.5. The largest absolute Gasteiger partial charge is 0.416 e. The predicted octanol–water partition coefficient (Wildman–Crippen LogP) is 2.61. The van der Waals surface area contributed by atoms with Gasteiger partial charge >= 0.3 is 6.18 Å². The molecule has 1 aliphatic rings. The molecule has 1 aromatic carbocycles. The lowest BCUT2D eigenvalue weighted by atomic mass is 10.1. The standard InChI is InChI=1S/C13H14F4N2O.ClH/c14-11-2-1-9(13(15,16)17)5-10(11)12(20)19-7-8-3-4-18-6-8;/h1-2,5,8,18H,3-4,6-7H2,(H,19,20);1H. The SMILES string of the molecule is Cl.O=C(NCC1CCNC1)c1cc(C(F)(F)F)ccc1F. The molecule has 1 fully saturated rings. The Hall–Kier alpha value is -1.34. The van der Waals surface area contributed by atoms with Gasteiger partial charge in [-0.25, -0.2) is 4.39 Å². The number of hydrogen-bond donors (Lipinski definition) is 2. The van der Waals surface area contributed by atoms with E-state index in [-0.39, 0.29) is 18.3 Å². The van der Waals surface area contributed by atoms with Gasteiger partial charge in [0.25, 0.3) is 5.91 Å². The monoisotopic (exact) mass is 326 g/mol. The van der Waals surface area contributed by atoms with Crippen LogP contribution in [0.1, 0.15) is 22.3 Å². The van der Waals surface area contributed by atoms with Gasteiger partial charge in [0, 0.05) is 6.54 Å². The number of alkyl halides is 3. The van der Waals surface area contributed by atoms with Crippen molar-refractivity contribution in [3.8, 4) is 0 Å². The van der Waals surface area contributed by atoms with E-state index in [1.807, 2.05) is 0 Å². The lowest BCUT2D eigenvalue weighted by Gasteiger charge is -2.12. The minimum Gasteiger partial charge on any atom is -0.352 e. The van der Waals surface area contributed by atoms with Crippen molar-refractivity contribution in [1.82, 2.24) is 10.6 Å². The Morgan fingerprint density at radius 2 is 2.10 bits per heavy atom. The molecule has 0 aromatic heterocycles. The van der Waals surface area contributed by atoms with Crippen molar-refractivity contribution in [2.45, 2.75) is 12.6 Å². The van der Waals surface area contributed by atoms with Gasteiger partial charge in [-0.3, -0.25) is 4.79 Å². The molecule has 1 amide bonds. The summed E-state index contributed by atoms with van der Waals surface area (Å²) in [5.74, 6) is -1.55. The summed E-state index contributed by atoms with van der Waals surface area (Å²) in [5, 5.41) is 5.58. The van der Waals surface area contributed by atoms with Crippen LogP contribution in [0.5, 0.6) is 0 Å². The number of halogens is 5. The molecule has 1 unspecified atom stereocenters. The van der Waals surface area contributed by atoms with Crippen molar-refractivity contribution < 1.29 is 22.4 Å². The number of amides is 1. The topological polar surface area (TPSA) is 41.1 Å². The molecule has 0 bridgehead atoms. The Kier molecular flexibility index (Phi) is 5.98. The molecule has 2 rings (SSSR count). The molecule has 0 aliphatic carbocycles. The van der Waals surface area contributed by atoms with Crippen LogP contribution in [0.15, 0.2) is 18.2 Å². The van der Waals surface area contributed by atoms with Crippen LogP contribution in [0.25, 0.3) is 0 Å². The maximum absolute atomic E-state index is 13.5. The van der Waals surface area contributed by atoms with Gasteiger partial charge in [0.05, 0.1) is 11.1 Å². The number of carbonyl (C=O) groups is 1. The molecule has 1 aromatic rings. The van der Waals surface area contributed by atoms with Crippen LogP contribution >= 0.6 is 12.4 Å². The molecular formula is C13H15ClF4N2O. The van der Waals surface area contributed by atoms with Crippen molar-refractivity contribution in [2.75, 3.05) is 19.6 Å². The van der Waals surface area contributed by atoms with Crippen molar-refractivity contribution in [3.63, 3.8) is 0 Å². The molecule has 1 aliphatic heterocycles. The average Bonchev–Trinajstić information content (AvgIpc) is 2.88. The molecule has 21 heavy (non-hydrogen) atoms. The minimum absolute atomic E-state index is 0. The van der Waals surface area contributed by atoms with Gasteiger partial charge in [-0.1, -0.05) is 0 Å². The van der Waals surface area contributed by atoms with Crippen LogP contribution < -0.4 is 10.6 Å². The van der Waals surface area contributed by atoms with E-state index < -0.39 is 29.0 Å². The molecule has 3 nitrogen and oxygen atoms in total. The first kappa shape index (κ1) is 17.7. The minimum atomic E-state index is -4.60. The smallest absolute Gasteiger partial charge is 0.352 e. The quantitative estimate of drug-likeness (QED) is 0.838. The number of rotatable bonds is 3. The van der Waals surface area contributed by atoms with Crippen LogP contribution in [0.3, 0.4) is 0 Å². The van der Waals surface area contributed by atoms with Gasteiger partial charge < -0.3 is 10.6 Å². The molecule has 2 N–H and O–H groups in total. The van der Waals surface area contributed by atoms with Crippen molar-refractivity contribution >= 4 is 18.3 Å². The maximum Gasteiger partial charge on any atom is 0.416 e. The number of hydrogen-bond acceptors (Lipinski definition) is 2. The summed E-state index contributed by atoms with van der Waals surface area (Å²) in [6, 6.07) is 1.82. The zero-order valence-electron chi connectivity index (χ0n) is 11.0. The van der Waals surface area contributed by atoms with Crippen LogP contribution in [-0.4, -0.2) is 25.5 Å². The highest BCUT2D eigenvalue weighted by Gasteiger charge is 2.32. The van der Waals surface area contributed by atoms with Crippen LogP contribution in [-0.2, 0) is 6.18 Å². The third-order valence-electron chi connectivity index (χ3n) is 3.25. The first-order valence-corrected chi connectivity index (χ1v) is 6.23. The zero-order chi connectivity index (χ0) is 14.8. The van der Waals surface area contributed by atoms with Gasteiger partial charge in [0.2, 0.25) is 0 Å². The van der Waals surface area contributed by atoms with Gasteiger partial charge in [-0.05, 0) is 43.6 Å². The average molecular weight is 327 g/mol. The summed E-state index contributed by atoms with van der Waals surface area (Å²) in [7, 11) is 0. The third kappa shape index (κ3) is 4.57. The highest BCUT2D eigenvalue weighted by molar-refractivity contribution is 5.94. The molecule has 1 saturated heterocycles. The van der Waals surface area contributed by atoms with Crippen LogP contribution in [0.2, 0.25) is 0 Å². The molecule has 0 saturated carbocycles. The van der Waals surface area contributed by atoms with Crippen molar-refractivity contribution in [3.05, 3.63) is 35.1 Å². The van der Waals surface area contributed by atoms with Crippen molar-refractivity contribution in [1.29, 1.82) is 0 Å². The highest BCUT2D eigenvalue weighted by Crippen LogP contribution is 2.30. The van der Waals surface area contributed by atoms with E-state index in [2.05, 4.69) is 10.6 Å². The molecule has 118 valence electrons. The summed E-state index contributed by atoms with van der Waals surface area (Å²) in [6.45, 7) is 1.91. The van der Waals surface area contributed by atoms with Gasteiger partial charge in [0.15, 0.2) is 0 Å². The predicted molar refractivity (Wildman–Crippen MR) is 72.0 cm³/mol. The summed E-state index contributed by atoms with van der Waals surface area (Å²) >= 11 is 0. The first-order valence-electron chi connectivity index (χ1n) is 6.23. The second kappa shape index (κ2) is 7.09. The lowest BCUT2D eigenvalue weighted by Crippen LogP contribution is -2.31. The molecule has 0 radical (unpaired) electrons. The van der Waals surface area contributed by atoms with Gasteiger partial charge in [-0.2, -0.15) is 13.2 Å². The fraction of sp³-hybridized carbons (Fsp3) is 0.462. The molecular weight excluding hydrogens is 312 g/mol. The molecule has 1 heterocycles. The van der Waals surface area contributed by atoms with E-state index in [0.717, 1.165) is 19.5 Å². The summed E-state index contributed by atoms with van der Waals surface area (Å²) in [4.78, 5) is 11.8. The van der Waals surface area contributed by atoms with Gasteiger partial charge in [-0.15, -0.1) is 12.4 Å². The number of benzene rings is 1. The summed E-state index contributed by atoms with van der Waals surface area (Å²) in [5.41, 5.74) is -1.61. The zero-order valence-corrected chi connectivity index (χ0v) is 11.8. The van der Waals surface area contributed by atoms with E-state index in [9.17, 15) is 22.4 Å².